The monoisotopic (exact) mass is 302 g/mol. The molecule has 1 aliphatic carbocycles. The van der Waals surface area contributed by atoms with Gasteiger partial charge in [-0.1, -0.05) is 46.8 Å². The molecular formula is C12H16BrClN2. The molecule has 1 fully saturated rings. The zero-order chi connectivity index (χ0) is 11.5. The molecule has 0 bridgehead atoms. The highest BCUT2D eigenvalue weighted by Crippen LogP contribution is 2.36. The predicted molar refractivity (Wildman–Crippen MR) is 71.2 cm³/mol. The second kappa shape index (κ2) is 5.50. The zero-order valence-corrected chi connectivity index (χ0v) is 11.4. The molecule has 0 heterocycles. The first-order valence-electron chi connectivity index (χ1n) is 5.62. The number of benzene rings is 1. The van der Waals surface area contributed by atoms with Gasteiger partial charge >= 0.3 is 0 Å². The van der Waals surface area contributed by atoms with Gasteiger partial charge in [-0.3, -0.25) is 11.3 Å². The Morgan fingerprint density at radius 2 is 2.25 bits per heavy atom. The molecule has 0 saturated heterocycles. The molecule has 1 atom stereocenters. The third kappa shape index (κ3) is 2.77. The van der Waals surface area contributed by atoms with E-state index in [-0.39, 0.29) is 6.04 Å². The second-order valence-corrected chi connectivity index (χ2v) is 5.74. The Labute approximate surface area is 110 Å². The van der Waals surface area contributed by atoms with Crippen LogP contribution in [-0.2, 0) is 0 Å². The molecule has 2 nitrogen and oxygen atoms in total. The molecule has 1 unspecified atom stereocenters. The van der Waals surface area contributed by atoms with Gasteiger partial charge in [0.1, 0.15) is 0 Å². The van der Waals surface area contributed by atoms with E-state index in [1.165, 1.54) is 19.3 Å². The lowest BCUT2D eigenvalue weighted by Crippen LogP contribution is -2.31. The van der Waals surface area contributed by atoms with Crippen LogP contribution in [-0.4, -0.2) is 0 Å². The topological polar surface area (TPSA) is 38.0 Å². The highest BCUT2D eigenvalue weighted by Gasteiger charge is 2.23. The number of hydrazine groups is 1. The number of rotatable bonds is 4. The van der Waals surface area contributed by atoms with E-state index in [0.29, 0.717) is 0 Å². The summed E-state index contributed by atoms with van der Waals surface area (Å²) in [6.07, 6.45) is 5.08. The maximum absolute atomic E-state index is 6.20. The van der Waals surface area contributed by atoms with Crippen LogP contribution in [0.25, 0.3) is 0 Å². The summed E-state index contributed by atoms with van der Waals surface area (Å²) in [6, 6.07) is 6.07. The summed E-state index contributed by atoms with van der Waals surface area (Å²) in [5, 5.41) is 0.783. The normalized spacial score (nSPS) is 18.2. The van der Waals surface area contributed by atoms with E-state index in [2.05, 4.69) is 21.4 Å². The van der Waals surface area contributed by atoms with Crippen LogP contribution in [0.3, 0.4) is 0 Å². The van der Waals surface area contributed by atoms with E-state index < -0.39 is 0 Å². The molecule has 0 aliphatic heterocycles. The molecule has 0 radical (unpaired) electrons. The summed E-state index contributed by atoms with van der Waals surface area (Å²) in [4.78, 5) is 0. The first-order valence-corrected chi connectivity index (χ1v) is 6.79. The van der Waals surface area contributed by atoms with Crippen molar-refractivity contribution >= 4 is 27.5 Å². The van der Waals surface area contributed by atoms with Gasteiger partial charge in [-0.15, -0.1) is 0 Å². The summed E-state index contributed by atoms with van der Waals surface area (Å²) >= 11 is 9.66. The second-order valence-electron chi connectivity index (χ2n) is 4.42. The summed E-state index contributed by atoms with van der Waals surface area (Å²) in [7, 11) is 0. The predicted octanol–water partition coefficient (Wildman–Crippen LogP) is 3.80. The van der Waals surface area contributed by atoms with Crippen molar-refractivity contribution in [2.45, 2.75) is 31.7 Å². The van der Waals surface area contributed by atoms with Crippen LogP contribution < -0.4 is 11.3 Å². The van der Waals surface area contributed by atoms with E-state index >= 15 is 0 Å². The van der Waals surface area contributed by atoms with Crippen molar-refractivity contribution in [2.24, 2.45) is 11.8 Å². The Morgan fingerprint density at radius 3 is 2.81 bits per heavy atom. The minimum absolute atomic E-state index is 0.162. The zero-order valence-electron chi connectivity index (χ0n) is 9.05. The Hall–Kier alpha value is -0.0900. The van der Waals surface area contributed by atoms with Crippen LogP contribution in [0.1, 0.15) is 37.3 Å². The number of hydrogen-bond donors (Lipinski definition) is 2. The van der Waals surface area contributed by atoms with Crippen LogP contribution in [0.4, 0.5) is 0 Å². The lowest BCUT2D eigenvalue weighted by atomic mass is 9.80. The van der Waals surface area contributed by atoms with Gasteiger partial charge in [0.25, 0.3) is 0 Å². The van der Waals surface area contributed by atoms with Crippen LogP contribution in [0.15, 0.2) is 22.7 Å². The molecule has 1 aromatic rings. The average molecular weight is 304 g/mol. The van der Waals surface area contributed by atoms with Crippen LogP contribution in [0.5, 0.6) is 0 Å². The molecule has 2 rings (SSSR count). The van der Waals surface area contributed by atoms with Gasteiger partial charge in [-0.2, -0.15) is 0 Å². The van der Waals surface area contributed by atoms with Gasteiger partial charge in [-0.25, -0.2) is 0 Å². The summed E-state index contributed by atoms with van der Waals surface area (Å²) in [5.74, 6) is 6.43. The van der Waals surface area contributed by atoms with E-state index in [0.717, 1.165) is 27.4 Å². The van der Waals surface area contributed by atoms with Crippen molar-refractivity contribution in [3.8, 4) is 0 Å². The largest absolute Gasteiger partial charge is 0.271 e. The molecule has 0 aromatic heterocycles. The van der Waals surface area contributed by atoms with Crippen molar-refractivity contribution in [3.05, 3.63) is 33.3 Å². The maximum atomic E-state index is 6.20. The number of hydrogen-bond acceptors (Lipinski definition) is 2. The van der Waals surface area contributed by atoms with Gasteiger partial charge in [0, 0.05) is 15.5 Å². The Kier molecular flexibility index (Phi) is 4.25. The van der Waals surface area contributed by atoms with Crippen molar-refractivity contribution in [2.75, 3.05) is 0 Å². The highest BCUT2D eigenvalue weighted by molar-refractivity contribution is 9.10. The maximum Gasteiger partial charge on any atom is 0.0477 e. The van der Waals surface area contributed by atoms with Crippen LogP contribution in [0, 0.1) is 5.92 Å². The van der Waals surface area contributed by atoms with Crippen molar-refractivity contribution < 1.29 is 0 Å². The Bertz CT molecular complexity index is 366. The Balaban J connectivity index is 2.14. The van der Waals surface area contributed by atoms with Crippen LogP contribution in [0.2, 0.25) is 5.02 Å². The molecule has 16 heavy (non-hydrogen) atoms. The molecule has 0 spiro atoms. The van der Waals surface area contributed by atoms with E-state index in [1.807, 2.05) is 18.2 Å². The lowest BCUT2D eigenvalue weighted by molar-refractivity contribution is 0.262. The number of nitrogens with two attached hydrogens (primary N) is 1. The number of halogens is 2. The van der Waals surface area contributed by atoms with Crippen molar-refractivity contribution in [3.63, 3.8) is 0 Å². The van der Waals surface area contributed by atoms with E-state index in [4.69, 9.17) is 17.4 Å². The minimum atomic E-state index is 0.162. The van der Waals surface area contributed by atoms with E-state index in [9.17, 15) is 0 Å². The number of nitrogens with one attached hydrogen (secondary N) is 1. The molecule has 1 aliphatic rings. The van der Waals surface area contributed by atoms with Gasteiger partial charge in [0.05, 0.1) is 0 Å². The van der Waals surface area contributed by atoms with Gasteiger partial charge in [-0.05, 0) is 36.1 Å². The van der Waals surface area contributed by atoms with Gasteiger partial charge in [0.2, 0.25) is 0 Å². The molecule has 1 saturated carbocycles. The third-order valence-corrected chi connectivity index (χ3v) is 4.17. The third-order valence-electron chi connectivity index (χ3n) is 3.33. The van der Waals surface area contributed by atoms with Gasteiger partial charge in [0.15, 0.2) is 0 Å². The Morgan fingerprint density at radius 1 is 1.50 bits per heavy atom. The average Bonchev–Trinajstić information content (AvgIpc) is 2.21. The fourth-order valence-corrected chi connectivity index (χ4v) is 2.76. The molecule has 1 aromatic carbocycles. The fourth-order valence-electron chi connectivity index (χ4n) is 2.13. The summed E-state index contributed by atoms with van der Waals surface area (Å²) in [6.45, 7) is 0. The van der Waals surface area contributed by atoms with E-state index in [1.54, 1.807) is 0 Å². The van der Waals surface area contributed by atoms with Crippen molar-refractivity contribution in [1.82, 2.24) is 5.43 Å². The minimum Gasteiger partial charge on any atom is -0.271 e. The molecular weight excluding hydrogens is 288 g/mol. The molecule has 3 N–H and O–H groups in total. The fraction of sp³-hybridized carbons (Fsp3) is 0.500. The molecule has 0 amide bonds. The SMILES string of the molecule is NNC(CC1CCC1)c1cc(Br)ccc1Cl. The highest BCUT2D eigenvalue weighted by atomic mass is 79.9. The van der Waals surface area contributed by atoms with Crippen LogP contribution >= 0.6 is 27.5 Å². The first-order chi connectivity index (χ1) is 7.70. The lowest BCUT2D eigenvalue weighted by Gasteiger charge is -2.30. The van der Waals surface area contributed by atoms with Gasteiger partial charge < -0.3 is 0 Å². The smallest absolute Gasteiger partial charge is 0.0477 e. The molecule has 4 heteroatoms. The standard InChI is InChI=1S/C12H16BrClN2/c13-9-4-5-11(14)10(7-9)12(16-15)6-8-2-1-3-8/h4-5,7-8,12,16H,1-3,6,15H2. The summed E-state index contributed by atoms with van der Waals surface area (Å²) in [5.41, 5.74) is 3.97. The summed E-state index contributed by atoms with van der Waals surface area (Å²) < 4.78 is 1.04. The molecule has 88 valence electrons. The van der Waals surface area contributed by atoms with Crippen molar-refractivity contribution in [1.29, 1.82) is 0 Å². The quantitative estimate of drug-likeness (QED) is 0.656. The first kappa shape index (κ1) is 12.4.